The number of nitrogens with zero attached hydrogens (tertiary/aromatic N) is 1. The van der Waals surface area contributed by atoms with Crippen LogP contribution in [-0.2, 0) is 4.79 Å². The molecule has 0 aromatic heterocycles. The minimum atomic E-state index is 0.0134. The highest BCUT2D eigenvalue weighted by Gasteiger charge is 2.39. The van der Waals surface area contributed by atoms with Gasteiger partial charge in [0.25, 0.3) is 0 Å². The molecule has 1 saturated heterocycles. The van der Waals surface area contributed by atoms with Crippen molar-refractivity contribution < 1.29 is 9.53 Å². The molecule has 1 aromatic carbocycles. The summed E-state index contributed by atoms with van der Waals surface area (Å²) in [7, 11) is 3.61. The quantitative estimate of drug-likeness (QED) is 0.817. The molecule has 20 heavy (non-hydrogen) atoms. The number of methoxy groups -OCH3 is 1. The summed E-state index contributed by atoms with van der Waals surface area (Å²) in [6, 6.07) is 7.96. The zero-order valence-electron chi connectivity index (χ0n) is 12.3. The first-order valence-corrected chi connectivity index (χ1v) is 7.86. The second-order valence-corrected chi connectivity index (χ2v) is 6.29. The third-order valence-electron chi connectivity index (χ3n) is 3.48. The monoisotopic (exact) mass is 294 g/mol. The molecular formula is C15H22N2O2S. The van der Waals surface area contributed by atoms with Crippen LogP contribution in [0.15, 0.2) is 24.3 Å². The highest BCUT2D eigenvalue weighted by Crippen LogP contribution is 2.45. The molecule has 0 saturated carbocycles. The Balaban J connectivity index is 2.21. The molecule has 0 unspecified atom stereocenters. The van der Waals surface area contributed by atoms with Gasteiger partial charge in [-0.3, -0.25) is 4.79 Å². The SMILES string of the molecule is CNCCCN1C(=O)[C@H](C)S[C@@H]1c1ccccc1OC. The second kappa shape index (κ2) is 6.99. The van der Waals surface area contributed by atoms with Crippen LogP contribution in [-0.4, -0.2) is 43.3 Å². The zero-order valence-corrected chi connectivity index (χ0v) is 13.1. The molecular weight excluding hydrogens is 272 g/mol. The molecule has 0 radical (unpaired) electrons. The summed E-state index contributed by atoms with van der Waals surface area (Å²) in [6.07, 6.45) is 0.959. The number of hydrogen-bond donors (Lipinski definition) is 1. The normalized spacial score (nSPS) is 22.4. The zero-order chi connectivity index (χ0) is 14.5. The van der Waals surface area contributed by atoms with E-state index in [4.69, 9.17) is 4.74 Å². The number of hydrogen-bond acceptors (Lipinski definition) is 4. The molecule has 1 N–H and O–H groups in total. The minimum Gasteiger partial charge on any atom is -0.496 e. The van der Waals surface area contributed by atoms with E-state index in [1.54, 1.807) is 18.9 Å². The van der Waals surface area contributed by atoms with Gasteiger partial charge in [0.2, 0.25) is 5.91 Å². The number of amides is 1. The maximum atomic E-state index is 12.3. The lowest BCUT2D eigenvalue weighted by molar-refractivity contribution is -0.129. The smallest absolute Gasteiger partial charge is 0.236 e. The molecule has 2 rings (SSSR count). The Hall–Kier alpha value is -1.20. The Morgan fingerprint density at radius 2 is 2.15 bits per heavy atom. The predicted molar refractivity (Wildman–Crippen MR) is 83.0 cm³/mol. The van der Waals surface area contributed by atoms with E-state index in [0.29, 0.717) is 0 Å². The highest BCUT2D eigenvalue weighted by molar-refractivity contribution is 8.01. The van der Waals surface area contributed by atoms with Crippen LogP contribution < -0.4 is 10.1 Å². The van der Waals surface area contributed by atoms with Gasteiger partial charge in [-0.15, -0.1) is 11.8 Å². The van der Waals surface area contributed by atoms with Gasteiger partial charge in [0.05, 0.1) is 12.4 Å². The molecule has 2 atom stereocenters. The molecule has 1 amide bonds. The van der Waals surface area contributed by atoms with Crippen molar-refractivity contribution in [3.05, 3.63) is 29.8 Å². The fraction of sp³-hybridized carbons (Fsp3) is 0.533. The van der Waals surface area contributed by atoms with Crippen molar-refractivity contribution in [2.75, 3.05) is 27.2 Å². The first kappa shape index (κ1) is 15.2. The number of benzene rings is 1. The number of carbonyl (C=O) groups is 1. The topological polar surface area (TPSA) is 41.6 Å². The summed E-state index contributed by atoms with van der Waals surface area (Å²) in [5.41, 5.74) is 1.09. The van der Waals surface area contributed by atoms with Gasteiger partial charge in [-0.1, -0.05) is 18.2 Å². The van der Waals surface area contributed by atoms with Crippen LogP contribution in [0.5, 0.6) is 5.75 Å². The molecule has 4 nitrogen and oxygen atoms in total. The summed E-state index contributed by atoms with van der Waals surface area (Å²) in [5.74, 6) is 1.08. The van der Waals surface area contributed by atoms with E-state index in [2.05, 4.69) is 5.32 Å². The molecule has 0 aliphatic carbocycles. The van der Waals surface area contributed by atoms with E-state index >= 15 is 0 Å². The molecule has 1 aliphatic rings. The van der Waals surface area contributed by atoms with Gasteiger partial charge in [0, 0.05) is 12.1 Å². The Morgan fingerprint density at radius 3 is 2.85 bits per heavy atom. The number of nitrogens with one attached hydrogen (secondary N) is 1. The lowest BCUT2D eigenvalue weighted by Crippen LogP contribution is -2.32. The van der Waals surface area contributed by atoms with E-state index in [0.717, 1.165) is 30.8 Å². The van der Waals surface area contributed by atoms with Crippen molar-refractivity contribution in [3.63, 3.8) is 0 Å². The van der Waals surface area contributed by atoms with E-state index in [9.17, 15) is 4.79 Å². The number of ether oxygens (including phenoxy) is 1. The highest BCUT2D eigenvalue weighted by atomic mass is 32.2. The Morgan fingerprint density at radius 1 is 1.40 bits per heavy atom. The number of thioether (sulfide) groups is 1. The third-order valence-corrected chi connectivity index (χ3v) is 4.85. The van der Waals surface area contributed by atoms with E-state index in [1.165, 1.54) is 0 Å². The fourth-order valence-electron chi connectivity index (χ4n) is 2.44. The second-order valence-electron chi connectivity index (χ2n) is 4.86. The average molecular weight is 294 g/mol. The summed E-state index contributed by atoms with van der Waals surface area (Å²) in [5, 5.41) is 3.20. The van der Waals surface area contributed by atoms with Gasteiger partial charge in [-0.2, -0.15) is 0 Å². The molecule has 1 heterocycles. The van der Waals surface area contributed by atoms with Crippen LogP contribution in [0.3, 0.4) is 0 Å². The van der Waals surface area contributed by atoms with Crippen molar-refractivity contribution in [1.29, 1.82) is 0 Å². The summed E-state index contributed by atoms with van der Waals surface area (Å²) < 4.78 is 5.44. The summed E-state index contributed by atoms with van der Waals surface area (Å²) in [4.78, 5) is 14.3. The summed E-state index contributed by atoms with van der Waals surface area (Å²) in [6.45, 7) is 3.68. The summed E-state index contributed by atoms with van der Waals surface area (Å²) >= 11 is 1.70. The molecule has 1 fully saturated rings. The van der Waals surface area contributed by atoms with Gasteiger partial charge >= 0.3 is 0 Å². The molecule has 1 aliphatic heterocycles. The van der Waals surface area contributed by atoms with Crippen molar-refractivity contribution in [3.8, 4) is 5.75 Å². The lowest BCUT2D eigenvalue weighted by atomic mass is 10.1. The largest absolute Gasteiger partial charge is 0.496 e. The number of rotatable bonds is 6. The van der Waals surface area contributed by atoms with Crippen LogP contribution in [0.4, 0.5) is 0 Å². The van der Waals surface area contributed by atoms with E-state index < -0.39 is 0 Å². The molecule has 110 valence electrons. The maximum absolute atomic E-state index is 12.3. The molecule has 5 heteroatoms. The lowest BCUT2D eigenvalue weighted by Gasteiger charge is -2.25. The van der Waals surface area contributed by atoms with E-state index in [-0.39, 0.29) is 16.5 Å². The standard InChI is InChI=1S/C15H22N2O2S/c1-11-14(18)17(10-6-9-16-2)15(20-11)12-7-4-5-8-13(12)19-3/h4-5,7-8,11,15-16H,6,9-10H2,1-3H3/t11-,15+/m0/s1. The Kier molecular flexibility index (Phi) is 5.31. The van der Waals surface area contributed by atoms with Gasteiger partial charge in [0.15, 0.2) is 0 Å². The fourth-order valence-corrected chi connectivity index (χ4v) is 3.78. The number of para-hydroxylation sites is 1. The van der Waals surface area contributed by atoms with Crippen LogP contribution in [0.2, 0.25) is 0 Å². The third kappa shape index (κ3) is 3.10. The Bertz CT molecular complexity index is 467. The van der Waals surface area contributed by atoms with Crippen molar-refractivity contribution in [2.24, 2.45) is 0 Å². The van der Waals surface area contributed by atoms with E-state index in [1.807, 2.05) is 43.1 Å². The first-order chi connectivity index (χ1) is 9.69. The maximum Gasteiger partial charge on any atom is 0.236 e. The van der Waals surface area contributed by atoms with Gasteiger partial charge < -0.3 is 15.0 Å². The Labute approximate surface area is 124 Å². The van der Waals surface area contributed by atoms with Crippen molar-refractivity contribution in [1.82, 2.24) is 10.2 Å². The van der Waals surface area contributed by atoms with Crippen LogP contribution in [0.1, 0.15) is 24.3 Å². The van der Waals surface area contributed by atoms with Gasteiger partial charge in [-0.25, -0.2) is 0 Å². The van der Waals surface area contributed by atoms with Crippen LogP contribution in [0, 0.1) is 0 Å². The molecule has 1 aromatic rings. The molecule has 0 bridgehead atoms. The molecule has 0 spiro atoms. The predicted octanol–water partition coefficient (Wildman–Crippen LogP) is 2.27. The minimum absolute atomic E-state index is 0.0134. The van der Waals surface area contributed by atoms with Gasteiger partial charge in [0.1, 0.15) is 11.1 Å². The first-order valence-electron chi connectivity index (χ1n) is 6.92. The van der Waals surface area contributed by atoms with Gasteiger partial charge in [-0.05, 0) is 33.0 Å². The van der Waals surface area contributed by atoms with Crippen LogP contribution in [0.25, 0.3) is 0 Å². The average Bonchev–Trinajstić information content (AvgIpc) is 2.75. The van der Waals surface area contributed by atoms with Crippen molar-refractivity contribution in [2.45, 2.75) is 24.0 Å². The number of carbonyl (C=O) groups excluding carboxylic acids is 1. The van der Waals surface area contributed by atoms with Crippen LogP contribution >= 0.6 is 11.8 Å². The van der Waals surface area contributed by atoms with Crippen molar-refractivity contribution >= 4 is 17.7 Å².